The summed E-state index contributed by atoms with van der Waals surface area (Å²) in [6.45, 7) is 5.20. The predicted molar refractivity (Wildman–Crippen MR) is 114 cm³/mol. The molecule has 8 heteroatoms. The minimum atomic E-state index is 0.0491. The molecule has 0 radical (unpaired) electrons. The van der Waals surface area contributed by atoms with E-state index in [2.05, 4.69) is 34.5 Å². The van der Waals surface area contributed by atoms with Gasteiger partial charge in [0.25, 0.3) is 0 Å². The van der Waals surface area contributed by atoms with Gasteiger partial charge >= 0.3 is 0 Å². The number of carbonyl (C=O) groups is 1. The Morgan fingerprint density at radius 3 is 2.90 bits per heavy atom. The number of rotatable bonds is 7. The predicted octanol–water partition coefficient (Wildman–Crippen LogP) is 1.68. The molecule has 0 atom stereocenters. The summed E-state index contributed by atoms with van der Waals surface area (Å²) in [6.07, 6.45) is 5.43. The van der Waals surface area contributed by atoms with Gasteiger partial charge in [0, 0.05) is 39.9 Å². The summed E-state index contributed by atoms with van der Waals surface area (Å²) in [7, 11) is 3.60. The summed E-state index contributed by atoms with van der Waals surface area (Å²) >= 11 is 0. The molecule has 1 aromatic heterocycles. The molecule has 0 aliphatic carbocycles. The Hall–Kier alpha value is -3.03. The molecular weight excluding hydrogens is 368 g/mol. The molecule has 1 aliphatic heterocycles. The van der Waals surface area contributed by atoms with Crippen LogP contribution in [0.2, 0.25) is 0 Å². The van der Waals surface area contributed by atoms with E-state index in [9.17, 15) is 4.79 Å². The number of ether oxygens (including phenoxy) is 1. The van der Waals surface area contributed by atoms with Gasteiger partial charge in [-0.25, -0.2) is 0 Å². The van der Waals surface area contributed by atoms with Gasteiger partial charge in [0.1, 0.15) is 12.3 Å². The summed E-state index contributed by atoms with van der Waals surface area (Å²) in [5, 5.41) is 7.53. The first kappa shape index (κ1) is 20.7. The fourth-order valence-corrected chi connectivity index (χ4v) is 3.34. The number of carbonyl (C=O) groups excluding carboxylic acids is 1. The van der Waals surface area contributed by atoms with Crippen LogP contribution in [-0.2, 0) is 18.3 Å². The van der Waals surface area contributed by atoms with Gasteiger partial charge in [0.15, 0.2) is 5.96 Å². The number of anilines is 1. The Morgan fingerprint density at radius 2 is 2.21 bits per heavy atom. The minimum Gasteiger partial charge on any atom is -0.494 e. The summed E-state index contributed by atoms with van der Waals surface area (Å²) in [5.74, 6) is 1.71. The Labute approximate surface area is 172 Å². The quantitative estimate of drug-likeness (QED) is 0.567. The van der Waals surface area contributed by atoms with E-state index < -0.39 is 0 Å². The molecule has 2 heterocycles. The van der Waals surface area contributed by atoms with Gasteiger partial charge < -0.3 is 19.9 Å². The lowest BCUT2D eigenvalue weighted by Crippen LogP contribution is -2.55. The van der Waals surface area contributed by atoms with Crippen LogP contribution in [0.4, 0.5) is 5.69 Å². The number of hydrogen-bond acceptors (Lipinski definition) is 4. The molecule has 1 fully saturated rings. The fraction of sp³-hybridized carbons (Fsp3) is 0.476. The van der Waals surface area contributed by atoms with Gasteiger partial charge in [-0.05, 0) is 30.5 Å². The Kier molecular flexibility index (Phi) is 7.10. The first-order valence-corrected chi connectivity index (χ1v) is 10.1. The number of piperazine rings is 1. The van der Waals surface area contributed by atoms with Crippen LogP contribution in [-0.4, -0.2) is 66.4 Å². The summed E-state index contributed by atoms with van der Waals surface area (Å²) in [4.78, 5) is 20.7. The van der Waals surface area contributed by atoms with Crippen LogP contribution in [0.25, 0.3) is 0 Å². The van der Waals surface area contributed by atoms with Crippen LogP contribution in [0.1, 0.15) is 18.9 Å². The molecule has 8 nitrogen and oxygen atoms in total. The molecule has 29 heavy (non-hydrogen) atoms. The third-order valence-corrected chi connectivity index (χ3v) is 4.80. The molecule has 156 valence electrons. The van der Waals surface area contributed by atoms with Crippen molar-refractivity contribution in [2.24, 2.45) is 12.0 Å². The van der Waals surface area contributed by atoms with Crippen molar-refractivity contribution in [3.05, 3.63) is 42.2 Å². The molecular formula is C21H30N6O2. The third-order valence-electron chi connectivity index (χ3n) is 4.80. The van der Waals surface area contributed by atoms with Gasteiger partial charge in [-0.15, -0.1) is 0 Å². The van der Waals surface area contributed by atoms with E-state index >= 15 is 0 Å². The zero-order valence-corrected chi connectivity index (χ0v) is 17.5. The standard InChI is InChI=1S/C21H30N6O2/c1-4-12-29-19-7-5-6-17(13-19)8-9-23-21(22-2)26-10-11-27(20(28)16-26)18-14-24-25(3)15-18/h5-7,13-15H,4,8-12,16H2,1-3H3,(H,22,23). The molecule has 0 saturated carbocycles. The number of benzene rings is 1. The lowest BCUT2D eigenvalue weighted by molar-refractivity contribution is -0.120. The van der Waals surface area contributed by atoms with Crippen molar-refractivity contribution in [3.8, 4) is 5.75 Å². The van der Waals surface area contributed by atoms with Crippen molar-refractivity contribution >= 4 is 17.6 Å². The molecule has 2 aromatic rings. The second-order valence-electron chi connectivity index (χ2n) is 7.06. The van der Waals surface area contributed by atoms with Gasteiger partial charge in [-0.2, -0.15) is 5.10 Å². The number of nitrogens with one attached hydrogen (secondary N) is 1. The van der Waals surface area contributed by atoms with Gasteiger partial charge in [-0.1, -0.05) is 19.1 Å². The number of amides is 1. The largest absolute Gasteiger partial charge is 0.494 e. The topological polar surface area (TPSA) is 75.0 Å². The number of guanidine groups is 1. The maximum Gasteiger partial charge on any atom is 0.246 e. The lowest BCUT2D eigenvalue weighted by atomic mass is 10.1. The second kappa shape index (κ2) is 9.95. The average Bonchev–Trinajstić information content (AvgIpc) is 3.16. The second-order valence-corrected chi connectivity index (χ2v) is 7.06. The number of aromatic nitrogens is 2. The average molecular weight is 399 g/mol. The first-order chi connectivity index (χ1) is 14.1. The van der Waals surface area contributed by atoms with Crippen molar-refractivity contribution in [3.63, 3.8) is 0 Å². The molecule has 1 saturated heterocycles. The molecule has 3 rings (SSSR count). The lowest BCUT2D eigenvalue weighted by Gasteiger charge is -2.35. The highest BCUT2D eigenvalue weighted by molar-refractivity contribution is 5.98. The summed E-state index contributed by atoms with van der Waals surface area (Å²) in [6, 6.07) is 8.18. The van der Waals surface area contributed by atoms with E-state index in [0.29, 0.717) is 13.1 Å². The zero-order valence-electron chi connectivity index (χ0n) is 17.5. The van der Waals surface area contributed by atoms with Crippen LogP contribution in [0.15, 0.2) is 41.7 Å². The molecule has 0 spiro atoms. The van der Waals surface area contributed by atoms with Crippen LogP contribution in [0.3, 0.4) is 0 Å². The van der Waals surface area contributed by atoms with Crippen molar-refractivity contribution in [2.45, 2.75) is 19.8 Å². The van der Waals surface area contributed by atoms with E-state index in [0.717, 1.165) is 49.9 Å². The van der Waals surface area contributed by atoms with E-state index in [1.807, 2.05) is 30.3 Å². The van der Waals surface area contributed by atoms with E-state index in [-0.39, 0.29) is 5.91 Å². The maximum absolute atomic E-state index is 12.6. The smallest absolute Gasteiger partial charge is 0.246 e. The number of nitrogens with zero attached hydrogens (tertiary/aromatic N) is 5. The molecule has 1 aromatic carbocycles. The normalized spacial score (nSPS) is 15.0. The van der Waals surface area contributed by atoms with Gasteiger partial charge in [0.05, 0.1) is 18.5 Å². The number of aryl methyl sites for hydroxylation is 1. The van der Waals surface area contributed by atoms with Crippen LogP contribution < -0.4 is 15.0 Å². The summed E-state index contributed by atoms with van der Waals surface area (Å²) in [5.41, 5.74) is 2.05. The van der Waals surface area contributed by atoms with Crippen molar-refractivity contribution in [1.82, 2.24) is 20.0 Å². The number of hydrogen-bond donors (Lipinski definition) is 1. The molecule has 0 unspecified atom stereocenters. The Morgan fingerprint density at radius 1 is 1.34 bits per heavy atom. The van der Waals surface area contributed by atoms with Crippen molar-refractivity contribution in [2.75, 3.05) is 44.7 Å². The monoisotopic (exact) mass is 398 g/mol. The van der Waals surface area contributed by atoms with Crippen LogP contribution in [0, 0.1) is 0 Å². The molecule has 1 N–H and O–H groups in total. The molecule has 1 amide bonds. The van der Waals surface area contributed by atoms with Gasteiger partial charge in [0.2, 0.25) is 5.91 Å². The highest BCUT2D eigenvalue weighted by Crippen LogP contribution is 2.16. The van der Waals surface area contributed by atoms with Gasteiger partial charge in [-0.3, -0.25) is 14.5 Å². The third kappa shape index (κ3) is 5.49. The minimum absolute atomic E-state index is 0.0491. The first-order valence-electron chi connectivity index (χ1n) is 10.1. The van der Waals surface area contributed by atoms with E-state index in [1.54, 1.807) is 22.8 Å². The van der Waals surface area contributed by atoms with Crippen LogP contribution in [0.5, 0.6) is 5.75 Å². The fourth-order valence-electron chi connectivity index (χ4n) is 3.34. The SMILES string of the molecule is CCCOc1cccc(CCNC(=NC)N2CCN(c3cnn(C)c3)C(=O)C2)c1. The summed E-state index contributed by atoms with van der Waals surface area (Å²) < 4.78 is 7.41. The highest BCUT2D eigenvalue weighted by atomic mass is 16.5. The van der Waals surface area contributed by atoms with Crippen LogP contribution >= 0.6 is 0 Å². The maximum atomic E-state index is 12.6. The molecule has 0 bridgehead atoms. The van der Waals surface area contributed by atoms with E-state index in [4.69, 9.17) is 4.74 Å². The Bertz CT molecular complexity index is 847. The molecule has 1 aliphatic rings. The zero-order chi connectivity index (χ0) is 20.6. The highest BCUT2D eigenvalue weighted by Gasteiger charge is 2.27. The Balaban J connectivity index is 1.50. The number of aliphatic imine (C=N–C) groups is 1. The van der Waals surface area contributed by atoms with Crippen molar-refractivity contribution in [1.29, 1.82) is 0 Å². The van der Waals surface area contributed by atoms with E-state index in [1.165, 1.54) is 5.56 Å². The van der Waals surface area contributed by atoms with Crippen molar-refractivity contribution < 1.29 is 9.53 Å².